The summed E-state index contributed by atoms with van der Waals surface area (Å²) in [5.74, 6) is -0.0520. The molecule has 2 aromatic rings. The quantitative estimate of drug-likeness (QED) is 0.0638. The van der Waals surface area contributed by atoms with Crippen LogP contribution in [0.3, 0.4) is 0 Å². The van der Waals surface area contributed by atoms with E-state index in [2.05, 4.69) is 88.0 Å². The molecule has 0 bridgehead atoms. The van der Waals surface area contributed by atoms with Crippen LogP contribution in [0, 0.1) is 0 Å². The lowest BCUT2D eigenvalue weighted by Gasteiger charge is -2.41. The van der Waals surface area contributed by atoms with Crippen LogP contribution in [0.1, 0.15) is 47.8 Å². The molecule has 2 aromatic heterocycles. The normalized spacial score (nSPS) is 18.1. The molecule has 22 nitrogen and oxygen atoms in total. The van der Waals surface area contributed by atoms with Crippen LogP contribution in [0.15, 0.2) is 12.7 Å². The van der Waals surface area contributed by atoms with Gasteiger partial charge >= 0.3 is 0 Å². The topological polar surface area (TPSA) is 254 Å². The number of carbonyl (C=O) groups excluding carboxylic acids is 1. The molecule has 3 rings (SSSR count). The molecule has 4 atom stereocenters. The van der Waals surface area contributed by atoms with E-state index in [4.69, 9.17) is 77.2 Å². The number of nitrogens with two attached hydrogens (primary N) is 2. The van der Waals surface area contributed by atoms with Gasteiger partial charge in [-0.1, -0.05) is 41.5 Å². The van der Waals surface area contributed by atoms with Crippen molar-refractivity contribution in [2.75, 3.05) is 164 Å². The van der Waals surface area contributed by atoms with Crippen LogP contribution in [0.4, 0.5) is 5.82 Å². The van der Waals surface area contributed by atoms with Gasteiger partial charge in [-0.2, -0.15) is 0 Å². The number of hydrogen-bond acceptors (Lipinski definition) is 20. The zero-order valence-corrected chi connectivity index (χ0v) is 46.0. The Balaban J connectivity index is 1.25. The highest BCUT2D eigenvalue weighted by molar-refractivity contribution is 6.74. The van der Waals surface area contributed by atoms with Crippen LogP contribution in [0.25, 0.3) is 11.2 Å². The molecule has 70 heavy (non-hydrogen) atoms. The van der Waals surface area contributed by atoms with Crippen LogP contribution < -0.4 is 16.8 Å². The lowest BCUT2D eigenvalue weighted by Crippen LogP contribution is -2.52. The zero-order valence-electron chi connectivity index (χ0n) is 44.0. The van der Waals surface area contributed by atoms with Gasteiger partial charge in [0.05, 0.1) is 145 Å². The maximum absolute atomic E-state index is 13.2. The van der Waals surface area contributed by atoms with E-state index >= 15 is 0 Å². The summed E-state index contributed by atoms with van der Waals surface area (Å²) in [6.07, 6.45) is 0.481. The third-order valence-corrected chi connectivity index (χ3v) is 21.2. The van der Waals surface area contributed by atoms with Crippen LogP contribution in [0.5, 0.6) is 0 Å². The molecule has 0 aromatic carbocycles. The summed E-state index contributed by atoms with van der Waals surface area (Å²) >= 11 is 0. The first-order valence-electron chi connectivity index (χ1n) is 24.7. The first-order valence-corrected chi connectivity index (χ1v) is 30.5. The first kappa shape index (κ1) is 62.0. The minimum atomic E-state index is -2.40. The lowest BCUT2D eigenvalue weighted by molar-refractivity contribution is -0.132. The molecule has 0 aliphatic carbocycles. The van der Waals surface area contributed by atoms with Gasteiger partial charge in [-0.3, -0.25) is 9.36 Å². The Kier molecular flexibility index (Phi) is 29.6. The van der Waals surface area contributed by atoms with Crippen molar-refractivity contribution < 1.29 is 70.5 Å². The second kappa shape index (κ2) is 33.5. The molecule has 1 aliphatic heterocycles. The maximum Gasteiger partial charge on any atom is 0.246 e. The molecule has 406 valence electrons. The van der Waals surface area contributed by atoms with Gasteiger partial charge in [0.25, 0.3) is 0 Å². The number of ether oxygens (including phenoxy) is 12. The van der Waals surface area contributed by atoms with E-state index < -0.39 is 41.2 Å². The smallest absolute Gasteiger partial charge is 0.246 e. The molecule has 0 unspecified atom stereocenters. The molecular formula is C46H89N7O15Si2. The average molecular weight is 1040 g/mol. The monoisotopic (exact) mass is 1040 g/mol. The van der Waals surface area contributed by atoms with E-state index in [1.807, 2.05) is 0 Å². The fourth-order valence-corrected chi connectivity index (χ4v) is 8.45. The van der Waals surface area contributed by atoms with Crippen molar-refractivity contribution in [2.45, 2.75) is 102 Å². The van der Waals surface area contributed by atoms with Crippen molar-refractivity contribution in [3.63, 3.8) is 0 Å². The predicted octanol–water partition coefficient (Wildman–Crippen LogP) is 3.34. The molecule has 5 N–H and O–H groups in total. The molecule has 0 radical (unpaired) electrons. The van der Waals surface area contributed by atoms with Crippen molar-refractivity contribution in [2.24, 2.45) is 5.73 Å². The SMILES string of the molecule is CC(C)(C)[Si](C)(C)OC[C@H]1O[C@@H](n2cnc3c(N)ncnc32)[C@H](OCC(=O)NCCOCCOCCOCCOCCOCCOCCOCCOCCOCCOCCN)[C@@H]1O[Si](C)(C)C(C)(C)C. The van der Waals surface area contributed by atoms with E-state index in [9.17, 15) is 4.79 Å². The van der Waals surface area contributed by atoms with Gasteiger partial charge in [-0.25, -0.2) is 15.0 Å². The summed E-state index contributed by atoms with van der Waals surface area (Å²) in [5, 5.41) is 2.76. The van der Waals surface area contributed by atoms with Gasteiger partial charge in [-0.05, 0) is 36.3 Å². The third-order valence-electron chi connectivity index (χ3n) is 12.2. The Hall–Kier alpha value is -2.35. The standard InChI is InChI=1S/C46H89N7O15Si2/c1-45(2,3)69(7,8)66-33-37-40(68-70(9,10)46(4,5)6)41(44(67-37)53-36-52-39-42(48)50-35-51-43(39)53)65-34-38(54)49-12-14-56-16-18-58-20-22-60-24-26-62-28-30-64-32-31-63-29-27-61-25-23-59-21-19-57-17-15-55-13-11-47/h35-37,40-41,44H,11-34,47H2,1-10H3,(H,49,54)(H2,48,50,51)/t37-,40-,41-,44-/m1/s1. The Bertz CT molecular complexity index is 1690. The highest BCUT2D eigenvalue weighted by Gasteiger charge is 2.53. The zero-order chi connectivity index (χ0) is 51.3. The number of nitrogen functional groups attached to an aromatic ring is 1. The Morgan fingerprint density at radius 3 is 1.49 bits per heavy atom. The van der Waals surface area contributed by atoms with Crippen molar-refractivity contribution in [1.82, 2.24) is 24.8 Å². The largest absolute Gasteiger partial charge is 0.414 e. The molecule has 24 heteroatoms. The average Bonchev–Trinajstić information content (AvgIpc) is 3.88. The van der Waals surface area contributed by atoms with Crippen LogP contribution in [-0.4, -0.2) is 219 Å². The number of carbonyl (C=O) groups is 1. The summed E-state index contributed by atoms with van der Waals surface area (Å²) < 4.78 is 83.9. The number of aromatic nitrogens is 4. The highest BCUT2D eigenvalue weighted by Crippen LogP contribution is 2.44. The van der Waals surface area contributed by atoms with Crippen LogP contribution in [0.2, 0.25) is 36.3 Å². The van der Waals surface area contributed by atoms with Gasteiger partial charge in [0, 0.05) is 13.1 Å². The maximum atomic E-state index is 13.2. The number of rotatable bonds is 41. The number of fused-ring (bicyclic) bond motifs is 1. The Morgan fingerprint density at radius 2 is 1.06 bits per heavy atom. The van der Waals surface area contributed by atoms with E-state index in [-0.39, 0.29) is 28.4 Å². The molecule has 1 aliphatic rings. The second-order valence-corrected chi connectivity index (χ2v) is 29.2. The number of nitrogens with one attached hydrogen (secondary N) is 1. The number of imidazole rings is 1. The van der Waals surface area contributed by atoms with E-state index in [1.165, 1.54) is 6.33 Å². The summed E-state index contributed by atoms with van der Waals surface area (Å²) in [4.78, 5) is 26.3. The van der Waals surface area contributed by atoms with Crippen molar-refractivity contribution in [3.05, 3.63) is 12.7 Å². The summed E-state index contributed by atoms with van der Waals surface area (Å²) in [7, 11) is -4.57. The molecular weight excluding hydrogens is 947 g/mol. The van der Waals surface area contributed by atoms with Gasteiger partial charge < -0.3 is 82.5 Å². The van der Waals surface area contributed by atoms with Crippen LogP contribution >= 0.6 is 0 Å². The third kappa shape index (κ3) is 23.2. The fraction of sp³-hybridized carbons (Fsp3) is 0.870. The summed E-state index contributed by atoms with van der Waals surface area (Å²) in [5.41, 5.74) is 12.4. The lowest BCUT2D eigenvalue weighted by atomic mass is 10.1. The molecule has 1 amide bonds. The predicted molar refractivity (Wildman–Crippen MR) is 269 cm³/mol. The first-order chi connectivity index (χ1) is 33.4. The highest BCUT2D eigenvalue weighted by atomic mass is 28.4. The van der Waals surface area contributed by atoms with Crippen molar-refractivity contribution in [1.29, 1.82) is 0 Å². The molecule has 0 spiro atoms. The van der Waals surface area contributed by atoms with E-state index in [1.54, 1.807) is 10.9 Å². The Labute approximate surface area is 418 Å². The van der Waals surface area contributed by atoms with E-state index in [0.717, 1.165) is 0 Å². The number of amides is 1. The Morgan fingerprint density at radius 1 is 0.629 bits per heavy atom. The second-order valence-electron chi connectivity index (χ2n) is 19.6. The van der Waals surface area contributed by atoms with Gasteiger partial charge in [-0.15, -0.1) is 0 Å². The minimum Gasteiger partial charge on any atom is -0.414 e. The van der Waals surface area contributed by atoms with Gasteiger partial charge in [0.2, 0.25) is 5.91 Å². The van der Waals surface area contributed by atoms with Gasteiger partial charge in [0.1, 0.15) is 36.8 Å². The number of anilines is 1. The number of hydrogen-bond donors (Lipinski definition) is 3. The summed E-state index contributed by atoms with van der Waals surface area (Å²) in [6.45, 7) is 32.2. The molecule has 3 heterocycles. The number of nitrogens with zero attached hydrogens (tertiary/aromatic N) is 4. The van der Waals surface area contributed by atoms with Crippen molar-refractivity contribution >= 4 is 39.5 Å². The van der Waals surface area contributed by atoms with E-state index in [0.29, 0.717) is 163 Å². The molecule has 1 fully saturated rings. The minimum absolute atomic E-state index is 0.0170. The fourth-order valence-electron chi connectivity index (χ4n) is 6.12. The molecule has 1 saturated heterocycles. The molecule has 0 saturated carbocycles. The van der Waals surface area contributed by atoms with Gasteiger partial charge in [0.15, 0.2) is 34.3 Å². The summed E-state index contributed by atoms with van der Waals surface area (Å²) in [6, 6.07) is 0. The van der Waals surface area contributed by atoms with Crippen LogP contribution in [-0.2, 0) is 70.5 Å². The van der Waals surface area contributed by atoms with Crippen molar-refractivity contribution in [3.8, 4) is 0 Å².